The molecule has 0 atom stereocenters. The second-order valence-corrected chi connectivity index (χ2v) is 6.01. The van der Waals surface area contributed by atoms with E-state index >= 15 is 0 Å². The van der Waals surface area contributed by atoms with E-state index in [4.69, 9.17) is 4.74 Å². The summed E-state index contributed by atoms with van der Waals surface area (Å²) in [6.45, 7) is 1.79. The molecule has 9 nitrogen and oxygen atoms in total. The van der Waals surface area contributed by atoms with Crippen LogP contribution in [0.3, 0.4) is 0 Å². The van der Waals surface area contributed by atoms with Crippen molar-refractivity contribution in [2.75, 3.05) is 24.8 Å². The normalized spacial score (nSPS) is 10.2. The van der Waals surface area contributed by atoms with Gasteiger partial charge in [0.2, 0.25) is 0 Å². The summed E-state index contributed by atoms with van der Waals surface area (Å²) in [7, 11) is 2.84. The molecule has 1 amide bonds. The van der Waals surface area contributed by atoms with Crippen molar-refractivity contribution >= 4 is 34.9 Å². The number of anilines is 4. The molecule has 0 aliphatic carbocycles. The number of pyridine rings is 1. The van der Waals surface area contributed by atoms with Gasteiger partial charge in [-0.3, -0.25) is 4.79 Å². The summed E-state index contributed by atoms with van der Waals surface area (Å²) in [5, 5.41) is 16.8. The molecule has 3 aromatic rings. The molecule has 29 heavy (non-hydrogen) atoms. The number of carbonyl (C=O) groups excluding carboxylic acids is 2. The number of carbonyl (C=O) groups is 2. The van der Waals surface area contributed by atoms with Crippen LogP contribution in [0.25, 0.3) is 0 Å². The maximum atomic E-state index is 12.2. The molecule has 2 heterocycles. The van der Waals surface area contributed by atoms with Gasteiger partial charge >= 0.3 is 5.97 Å². The number of ether oxygens (including phenoxy) is 1. The van der Waals surface area contributed by atoms with Gasteiger partial charge in [0.05, 0.1) is 18.4 Å². The quantitative estimate of drug-likeness (QED) is 0.548. The Hall–Kier alpha value is -4.01. The molecule has 0 saturated carbocycles. The summed E-state index contributed by atoms with van der Waals surface area (Å²) in [6, 6.07) is 12.3. The van der Waals surface area contributed by atoms with Crippen LogP contribution in [0.4, 0.5) is 23.0 Å². The Bertz CT molecular complexity index is 1040. The van der Waals surface area contributed by atoms with Gasteiger partial charge < -0.3 is 20.7 Å². The molecule has 3 N–H and O–H groups in total. The van der Waals surface area contributed by atoms with Gasteiger partial charge in [-0.15, -0.1) is 10.2 Å². The van der Waals surface area contributed by atoms with Crippen molar-refractivity contribution in [1.82, 2.24) is 20.5 Å². The van der Waals surface area contributed by atoms with Crippen molar-refractivity contribution in [3.05, 3.63) is 65.5 Å². The molecule has 0 unspecified atom stereocenters. The highest BCUT2D eigenvalue weighted by Gasteiger charge is 2.17. The summed E-state index contributed by atoms with van der Waals surface area (Å²) in [5.74, 6) is 0.152. The smallest absolute Gasteiger partial charge is 0.338 e. The second kappa shape index (κ2) is 8.79. The molecule has 0 fully saturated rings. The average molecular weight is 392 g/mol. The first-order valence-electron chi connectivity index (χ1n) is 8.76. The zero-order chi connectivity index (χ0) is 20.8. The zero-order valence-corrected chi connectivity index (χ0v) is 16.2. The van der Waals surface area contributed by atoms with Gasteiger partial charge in [-0.25, -0.2) is 9.78 Å². The van der Waals surface area contributed by atoms with Crippen LogP contribution in [0, 0.1) is 6.92 Å². The third-order valence-electron chi connectivity index (χ3n) is 4.17. The highest BCUT2D eigenvalue weighted by Crippen LogP contribution is 2.27. The van der Waals surface area contributed by atoms with Crippen LogP contribution in [0.1, 0.15) is 26.4 Å². The van der Waals surface area contributed by atoms with Crippen molar-refractivity contribution < 1.29 is 14.3 Å². The fourth-order valence-electron chi connectivity index (χ4n) is 2.65. The van der Waals surface area contributed by atoms with E-state index in [0.717, 1.165) is 0 Å². The van der Waals surface area contributed by atoms with Gasteiger partial charge in [0.15, 0.2) is 11.5 Å². The van der Waals surface area contributed by atoms with Crippen LogP contribution in [0.2, 0.25) is 0 Å². The molecule has 3 rings (SSSR count). The average Bonchev–Trinajstić information content (AvgIpc) is 2.75. The molecule has 1 aromatic carbocycles. The summed E-state index contributed by atoms with van der Waals surface area (Å²) in [4.78, 5) is 28.4. The highest BCUT2D eigenvalue weighted by molar-refractivity contribution is 5.99. The Balaban J connectivity index is 1.99. The molecule has 0 bridgehead atoms. The Labute approximate surface area is 167 Å². The third-order valence-corrected chi connectivity index (χ3v) is 4.17. The molecular formula is C20H20N6O3. The zero-order valence-electron chi connectivity index (χ0n) is 16.2. The summed E-state index contributed by atoms with van der Waals surface area (Å²) in [6.07, 6.45) is 1.65. The van der Waals surface area contributed by atoms with Gasteiger partial charge in [-0.05, 0) is 36.8 Å². The van der Waals surface area contributed by atoms with E-state index in [0.29, 0.717) is 34.1 Å². The van der Waals surface area contributed by atoms with Crippen LogP contribution in [0.15, 0.2) is 48.7 Å². The van der Waals surface area contributed by atoms with Gasteiger partial charge in [0, 0.05) is 25.0 Å². The van der Waals surface area contributed by atoms with Gasteiger partial charge in [0.1, 0.15) is 5.82 Å². The number of rotatable bonds is 6. The van der Waals surface area contributed by atoms with Crippen molar-refractivity contribution in [2.45, 2.75) is 6.92 Å². The van der Waals surface area contributed by atoms with E-state index in [-0.39, 0.29) is 5.69 Å². The number of methoxy groups -OCH3 is 1. The van der Waals surface area contributed by atoms with E-state index in [9.17, 15) is 9.59 Å². The maximum Gasteiger partial charge on any atom is 0.338 e. The number of esters is 1. The van der Waals surface area contributed by atoms with Gasteiger partial charge in [-0.2, -0.15) is 0 Å². The lowest BCUT2D eigenvalue weighted by Crippen LogP contribution is -2.21. The number of benzene rings is 1. The molecule has 0 radical (unpaired) electrons. The van der Waals surface area contributed by atoms with E-state index < -0.39 is 11.9 Å². The van der Waals surface area contributed by atoms with E-state index in [1.165, 1.54) is 14.2 Å². The molecule has 0 aliphatic rings. The van der Waals surface area contributed by atoms with Crippen LogP contribution in [-0.4, -0.2) is 41.2 Å². The minimum absolute atomic E-state index is 0.113. The van der Waals surface area contributed by atoms with E-state index in [1.54, 1.807) is 49.5 Å². The fourth-order valence-corrected chi connectivity index (χ4v) is 2.65. The SMILES string of the molecule is CNC(=O)c1nnc(Nc2ccccn2)cc1Nc1cccc(C(=O)OC)c1C. The summed E-state index contributed by atoms with van der Waals surface area (Å²) < 4.78 is 4.82. The lowest BCUT2D eigenvalue weighted by atomic mass is 10.1. The Morgan fingerprint density at radius 2 is 1.79 bits per heavy atom. The first-order chi connectivity index (χ1) is 14.0. The minimum Gasteiger partial charge on any atom is -0.465 e. The van der Waals surface area contributed by atoms with Gasteiger partial charge in [-0.1, -0.05) is 12.1 Å². The molecule has 0 aliphatic heterocycles. The number of hydrogen-bond acceptors (Lipinski definition) is 8. The van der Waals surface area contributed by atoms with Crippen molar-refractivity contribution in [2.24, 2.45) is 0 Å². The minimum atomic E-state index is -0.442. The first kappa shape index (κ1) is 19.7. The predicted molar refractivity (Wildman–Crippen MR) is 109 cm³/mol. The lowest BCUT2D eigenvalue weighted by Gasteiger charge is -2.15. The maximum absolute atomic E-state index is 12.2. The Kier molecular flexibility index (Phi) is 5.98. The van der Waals surface area contributed by atoms with Crippen LogP contribution in [0.5, 0.6) is 0 Å². The highest BCUT2D eigenvalue weighted by atomic mass is 16.5. The molecular weight excluding hydrogens is 372 g/mol. The predicted octanol–water partition coefficient (Wildman–Crippen LogP) is 2.81. The van der Waals surface area contributed by atoms with Gasteiger partial charge in [0.25, 0.3) is 5.91 Å². The van der Waals surface area contributed by atoms with Crippen molar-refractivity contribution in [3.63, 3.8) is 0 Å². The van der Waals surface area contributed by atoms with Crippen LogP contribution >= 0.6 is 0 Å². The Morgan fingerprint density at radius 1 is 0.966 bits per heavy atom. The first-order valence-corrected chi connectivity index (χ1v) is 8.76. The Morgan fingerprint density at radius 3 is 2.48 bits per heavy atom. The number of hydrogen-bond donors (Lipinski definition) is 3. The molecule has 0 spiro atoms. The second-order valence-electron chi connectivity index (χ2n) is 6.01. The number of amides is 1. The fraction of sp³-hybridized carbons (Fsp3) is 0.150. The van der Waals surface area contributed by atoms with Crippen LogP contribution in [-0.2, 0) is 4.74 Å². The van der Waals surface area contributed by atoms with E-state index in [1.807, 2.05) is 6.07 Å². The van der Waals surface area contributed by atoms with Crippen molar-refractivity contribution in [1.29, 1.82) is 0 Å². The molecule has 2 aromatic heterocycles. The number of nitrogens with zero attached hydrogens (tertiary/aromatic N) is 3. The van der Waals surface area contributed by atoms with Crippen LogP contribution < -0.4 is 16.0 Å². The molecule has 0 saturated heterocycles. The third kappa shape index (κ3) is 4.46. The summed E-state index contributed by atoms with van der Waals surface area (Å²) >= 11 is 0. The number of aromatic nitrogens is 3. The van der Waals surface area contributed by atoms with Crippen molar-refractivity contribution in [3.8, 4) is 0 Å². The lowest BCUT2D eigenvalue weighted by molar-refractivity contribution is 0.0600. The molecule has 9 heteroatoms. The monoisotopic (exact) mass is 392 g/mol. The summed E-state index contributed by atoms with van der Waals surface area (Å²) in [5.41, 5.74) is 2.27. The number of nitrogens with one attached hydrogen (secondary N) is 3. The topological polar surface area (TPSA) is 118 Å². The molecule has 148 valence electrons. The largest absolute Gasteiger partial charge is 0.465 e. The van der Waals surface area contributed by atoms with E-state index in [2.05, 4.69) is 31.1 Å². The standard InChI is InChI=1S/C20H20N6O3/c1-12-13(20(28)29-3)7-6-8-14(12)23-15-11-17(24-16-9-4-5-10-22-16)25-26-18(15)19(27)21-2/h4-11H,1-3H3,(H,21,27)(H2,22,23,24,25).